The number of methoxy groups -OCH3 is 1. The molecule has 0 aliphatic carbocycles. The van der Waals surface area contributed by atoms with Gasteiger partial charge in [0.25, 0.3) is 0 Å². The molecule has 4 rings (SSSR count). The zero-order chi connectivity index (χ0) is 17.9. The highest BCUT2D eigenvalue weighted by atomic mass is 32.1. The van der Waals surface area contributed by atoms with E-state index in [0.717, 1.165) is 35.8 Å². The highest BCUT2D eigenvalue weighted by Gasteiger charge is 2.33. The third-order valence-electron chi connectivity index (χ3n) is 5.79. The summed E-state index contributed by atoms with van der Waals surface area (Å²) in [4.78, 5) is 3.52. The standard InChI is InChI=1S/C22H26N2OS/c1-25-19-7-8-20-18(14-19)10-12-24-11-9-16(13-21(20)24)15-23-22(26)17-5-3-2-4-6-17/h2-8,14,16,21H,9-13,15H2,1H3,(H,23,26). The van der Waals surface area contributed by atoms with Crippen LogP contribution in [0, 0.1) is 5.92 Å². The Kier molecular flexibility index (Phi) is 5.23. The molecule has 2 aromatic carbocycles. The third-order valence-corrected chi connectivity index (χ3v) is 6.17. The molecule has 0 spiro atoms. The Labute approximate surface area is 161 Å². The van der Waals surface area contributed by atoms with Gasteiger partial charge in [-0.2, -0.15) is 0 Å². The van der Waals surface area contributed by atoms with Crippen molar-refractivity contribution in [2.75, 3.05) is 26.7 Å². The van der Waals surface area contributed by atoms with Gasteiger partial charge < -0.3 is 10.1 Å². The molecule has 2 atom stereocenters. The largest absolute Gasteiger partial charge is 0.497 e. The van der Waals surface area contributed by atoms with Crippen molar-refractivity contribution in [2.24, 2.45) is 5.92 Å². The molecular weight excluding hydrogens is 340 g/mol. The van der Waals surface area contributed by atoms with E-state index < -0.39 is 0 Å². The molecule has 2 aromatic rings. The zero-order valence-electron chi connectivity index (χ0n) is 15.3. The summed E-state index contributed by atoms with van der Waals surface area (Å²) in [6.07, 6.45) is 3.57. The van der Waals surface area contributed by atoms with Crippen LogP contribution in [0.25, 0.3) is 0 Å². The molecule has 2 unspecified atom stereocenters. The molecule has 4 heteroatoms. The second-order valence-corrected chi connectivity index (χ2v) is 7.74. The Bertz CT molecular complexity index is 777. The van der Waals surface area contributed by atoms with Gasteiger partial charge in [-0.15, -0.1) is 0 Å². The predicted molar refractivity (Wildman–Crippen MR) is 110 cm³/mol. The van der Waals surface area contributed by atoms with Crippen molar-refractivity contribution < 1.29 is 4.74 Å². The highest BCUT2D eigenvalue weighted by molar-refractivity contribution is 7.80. The Morgan fingerprint density at radius 3 is 2.85 bits per heavy atom. The molecule has 0 saturated carbocycles. The summed E-state index contributed by atoms with van der Waals surface area (Å²) in [6.45, 7) is 3.30. The summed E-state index contributed by atoms with van der Waals surface area (Å²) in [5, 5.41) is 3.50. The van der Waals surface area contributed by atoms with Gasteiger partial charge in [-0.25, -0.2) is 0 Å². The number of nitrogens with zero attached hydrogens (tertiary/aromatic N) is 1. The summed E-state index contributed by atoms with van der Waals surface area (Å²) in [5.41, 5.74) is 4.06. The molecule has 1 N–H and O–H groups in total. The Morgan fingerprint density at radius 2 is 2.04 bits per heavy atom. The van der Waals surface area contributed by atoms with Crippen molar-refractivity contribution in [1.29, 1.82) is 0 Å². The number of thiocarbonyl (C=S) groups is 1. The lowest BCUT2D eigenvalue weighted by atomic mass is 9.82. The smallest absolute Gasteiger partial charge is 0.119 e. The molecule has 0 amide bonds. The van der Waals surface area contributed by atoms with Crippen molar-refractivity contribution in [3.8, 4) is 5.75 Å². The first-order chi connectivity index (χ1) is 12.7. The van der Waals surface area contributed by atoms with Crippen LogP contribution >= 0.6 is 12.2 Å². The van der Waals surface area contributed by atoms with Gasteiger partial charge in [-0.05, 0) is 55.0 Å². The summed E-state index contributed by atoms with van der Waals surface area (Å²) >= 11 is 5.56. The van der Waals surface area contributed by atoms with E-state index in [0.29, 0.717) is 12.0 Å². The summed E-state index contributed by atoms with van der Waals surface area (Å²) in [5.74, 6) is 1.63. The van der Waals surface area contributed by atoms with E-state index >= 15 is 0 Å². The van der Waals surface area contributed by atoms with E-state index in [1.807, 2.05) is 18.2 Å². The molecular formula is C22H26N2OS. The number of ether oxygens (including phenoxy) is 1. The van der Waals surface area contributed by atoms with E-state index in [9.17, 15) is 0 Å². The van der Waals surface area contributed by atoms with Crippen molar-refractivity contribution in [2.45, 2.75) is 25.3 Å². The maximum absolute atomic E-state index is 5.56. The summed E-state index contributed by atoms with van der Waals surface area (Å²) in [6, 6.07) is 17.4. The molecule has 2 heterocycles. The van der Waals surface area contributed by atoms with Crippen LogP contribution in [0.2, 0.25) is 0 Å². The SMILES string of the molecule is COc1ccc2c(c1)CCN1CCC(CNC(=S)c3ccccc3)CC21. The van der Waals surface area contributed by atoms with Crippen LogP contribution in [0.4, 0.5) is 0 Å². The fourth-order valence-corrected chi connectivity index (χ4v) is 4.53. The van der Waals surface area contributed by atoms with Gasteiger partial charge in [-0.3, -0.25) is 4.90 Å². The summed E-state index contributed by atoms with van der Waals surface area (Å²) < 4.78 is 5.41. The highest BCUT2D eigenvalue weighted by Crippen LogP contribution is 2.39. The van der Waals surface area contributed by atoms with Crippen LogP contribution in [-0.4, -0.2) is 36.6 Å². The van der Waals surface area contributed by atoms with Gasteiger partial charge >= 0.3 is 0 Å². The van der Waals surface area contributed by atoms with Gasteiger partial charge in [0.2, 0.25) is 0 Å². The fraction of sp³-hybridized carbons (Fsp3) is 0.409. The first-order valence-corrected chi connectivity index (χ1v) is 9.89. The van der Waals surface area contributed by atoms with Crippen LogP contribution in [0.15, 0.2) is 48.5 Å². The lowest BCUT2D eigenvalue weighted by Crippen LogP contribution is -2.43. The minimum atomic E-state index is 0.538. The van der Waals surface area contributed by atoms with Gasteiger partial charge in [-0.1, -0.05) is 48.6 Å². The zero-order valence-corrected chi connectivity index (χ0v) is 16.1. The van der Waals surface area contributed by atoms with Gasteiger partial charge in [0.15, 0.2) is 0 Å². The molecule has 1 saturated heterocycles. The van der Waals surface area contributed by atoms with E-state index in [-0.39, 0.29) is 0 Å². The van der Waals surface area contributed by atoms with E-state index in [2.05, 4.69) is 40.5 Å². The Balaban J connectivity index is 1.41. The Morgan fingerprint density at radius 1 is 1.19 bits per heavy atom. The number of hydrogen-bond acceptors (Lipinski definition) is 3. The average molecular weight is 367 g/mol. The van der Waals surface area contributed by atoms with Crippen molar-refractivity contribution >= 4 is 17.2 Å². The number of piperidine rings is 1. The quantitative estimate of drug-likeness (QED) is 0.828. The van der Waals surface area contributed by atoms with Crippen LogP contribution in [-0.2, 0) is 6.42 Å². The lowest BCUT2D eigenvalue weighted by molar-refractivity contribution is 0.104. The number of benzene rings is 2. The van der Waals surface area contributed by atoms with Gasteiger partial charge in [0.1, 0.15) is 10.7 Å². The van der Waals surface area contributed by atoms with Crippen molar-refractivity contribution in [3.63, 3.8) is 0 Å². The molecule has 2 aliphatic rings. The van der Waals surface area contributed by atoms with Gasteiger partial charge in [0, 0.05) is 24.7 Å². The number of hydrogen-bond donors (Lipinski definition) is 1. The second-order valence-electron chi connectivity index (χ2n) is 7.33. The van der Waals surface area contributed by atoms with Crippen molar-refractivity contribution in [3.05, 3.63) is 65.2 Å². The molecule has 136 valence electrons. The topological polar surface area (TPSA) is 24.5 Å². The average Bonchev–Trinajstić information content (AvgIpc) is 2.71. The third kappa shape index (κ3) is 3.62. The van der Waals surface area contributed by atoms with Crippen LogP contribution in [0.1, 0.15) is 35.6 Å². The maximum atomic E-state index is 5.56. The predicted octanol–water partition coefficient (Wildman–Crippen LogP) is 3.97. The number of rotatable bonds is 4. The maximum Gasteiger partial charge on any atom is 0.119 e. The lowest BCUT2D eigenvalue weighted by Gasteiger charge is -2.43. The van der Waals surface area contributed by atoms with E-state index in [1.54, 1.807) is 7.11 Å². The first-order valence-electron chi connectivity index (χ1n) is 9.48. The fourth-order valence-electron chi connectivity index (χ4n) is 4.31. The molecule has 2 aliphatic heterocycles. The van der Waals surface area contributed by atoms with Crippen LogP contribution in [0.5, 0.6) is 5.75 Å². The molecule has 3 nitrogen and oxygen atoms in total. The Hall–Kier alpha value is -1.91. The number of nitrogens with one attached hydrogen (secondary N) is 1. The minimum Gasteiger partial charge on any atom is -0.497 e. The first kappa shape index (κ1) is 17.5. The molecule has 0 aromatic heterocycles. The molecule has 26 heavy (non-hydrogen) atoms. The van der Waals surface area contributed by atoms with Crippen LogP contribution < -0.4 is 10.1 Å². The summed E-state index contributed by atoms with van der Waals surface area (Å²) in [7, 11) is 1.74. The molecule has 0 bridgehead atoms. The molecule has 0 radical (unpaired) electrons. The normalized spacial score (nSPS) is 22.2. The monoisotopic (exact) mass is 366 g/mol. The van der Waals surface area contributed by atoms with E-state index in [4.69, 9.17) is 17.0 Å². The van der Waals surface area contributed by atoms with E-state index in [1.165, 1.54) is 30.5 Å². The minimum absolute atomic E-state index is 0.538. The van der Waals surface area contributed by atoms with Crippen LogP contribution in [0.3, 0.4) is 0 Å². The molecule has 1 fully saturated rings. The number of fused-ring (bicyclic) bond motifs is 3. The second kappa shape index (κ2) is 7.77. The van der Waals surface area contributed by atoms with Crippen molar-refractivity contribution in [1.82, 2.24) is 10.2 Å². The van der Waals surface area contributed by atoms with Gasteiger partial charge in [0.05, 0.1) is 7.11 Å².